The maximum absolute atomic E-state index is 12.2. The Morgan fingerprint density at radius 1 is 1.47 bits per heavy atom. The first-order valence-electron chi connectivity index (χ1n) is 5.01. The number of nitrogens with two attached hydrogens (primary N) is 1. The first-order valence-corrected chi connectivity index (χ1v) is 7.37. The van der Waals surface area contributed by atoms with Crippen molar-refractivity contribution in [3.8, 4) is 0 Å². The molecule has 0 aliphatic rings. The molecule has 0 saturated carbocycles. The molecule has 3 aromatic rings. The SMILES string of the molecule is Cc1nnc(NS(=O)(=O)c2c(N)nc3sccn23)o1. The zero-order valence-corrected chi connectivity index (χ0v) is 11.2. The molecule has 3 rings (SSSR count). The fourth-order valence-corrected chi connectivity index (χ4v) is 3.47. The van der Waals surface area contributed by atoms with Crippen molar-refractivity contribution in [1.29, 1.82) is 0 Å². The van der Waals surface area contributed by atoms with E-state index in [9.17, 15) is 8.42 Å². The van der Waals surface area contributed by atoms with Crippen molar-refractivity contribution < 1.29 is 12.8 Å². The summed E-state index contributed by atoms with van der Waals surface area (Å²) in [5.74, 6) is 0.162. The number of nitrogens with one attached hydrogen (secondary N) is 1. The summed E-state index contributed by atoms with van der Waals surface area (Å²) < 4.78 is 33.0. The number of thiazole rings is 1. The van der Waals surface area contributed by atoms with Crippen LogP contribution in [0.1, 0.15) is 5.89 Å². The highest BCUT2D eigenvalue weighted by Crippen LogP contribution is 2.24. The van der Waals surface area contributed by atoms with Gasteiger partial charge in [-0.15, -0.1) is 16.4 Å². The van der Waals surface area contributed by atoms with Crippen molar-refractivity contribution in [2.75, 3.05) is 10.5 Å². The average molecular weight is 300 g/mol. The number of nitrogen functional groups attached to an aromatic ring is 1. The van der Waals surface area contributed by atoms with Crippen LogP contribution in [0.15, 0.2) is 21.0 Å². The molecule has 9 nitrogen and oxygen atoms in total. The second kappa shape index (κ2) is 3.93. The van der Waals surface area contributed by atoms with Crippen molar-refractivity contribution in [3.05, 3.63) is 17.5 Å². The molecule has 0 atom stereocenters. The first kappa shape index (κ1) is 11.9. The van der Waals surface area contributed by atoms with Gasteiger partial charge in [-0.3, -0.25) is 4.40 Å². The van der Waals surface area contributed by atoms with Crippen LogP contribution in [-0.2, 0) is 10.0 Å². The molecule has 0 aliphatic carbocycles. The van der Waals surface area contributed by atoms with E-state index in [4.69, 9.17) is 10.2 Å². The molecule has 11 heteroatoms. The topological polar surface area (TPSA) is 128 Å². The van der Waals surface area contributed by atoms with Crippen LogP contribution < -0.4 is 10.5 Å². The predicted octanol–water partition coefficient (Wildman–Crippen LogP) is 0.470. The molecule has 0 bridgehead atoms. The largest absolute Gasteiger partial charge is 0.408 e. The Kier molecular flexibility index (Phi) is 2.46. The molecule has 100 valence electrons. The minimum atomic E-state index is -3.95. The Balaban J connectivity index is 2.09. The van der Waals surface area contributed by atoms with Gasteiger partial charge in [-0.25, -0.2) is 9.71 Å². The third kappa shape index (κ3) is 1.92. The molecule has 0 unspecified atom stereocenters. The monoisotopic (exact) mass is 300 g/mol. The van der Waals surface area contributed by atoms with E-state index in [0.717, 1.165) is 0 Å². The highest BCUT2D eigenvalue weighted by Gasteiger charge is 2.26. The molecule has 0 aliphatic heterocycles. The summed E-state index contributed by atoms with van der Waals surface area (Å²) in [7, 11) is -3.95. The fraction of sp³-hybridized carbons (Fsp3) is 0.125. The van der Waals surface area contributed by atoms with Crippen LogP contribution in [0.3, 0.4) is 0 Å². The van der Waals surface area contributed by atoms with E-state index < -0.39 is 10.0 Å². The Bertz CT molecular complexity index is 845. The van der Waals surface area contributed by atoms with Crippen molar-refractivity contribution in [2.45, 2.75) is 11.9 Å². The summed E-state index contributed by atoms with van der Waals surface area (Å²) >= 11 is 1.28. The summed E-state index contributed by atoms with van der Waals surface area (Å²) in [5.41, 5.74) is 5.63. The standard InChI is InChI=1S/C8H8N6O3S2/c1-4-11-12-7(17-4)13-19(15,16)6-5(9)10-8-14(6)2-3-18-8/h2-3H,9H2,1H3,(H,12,13). The number of aromatic nitrogens is 4. The zero-order valence-electron chi connectivity index (χ0n) is 9.56. The van der Waals surface area contributed by atoms with Gasteiger partial charge in [0.15, 0.2) is 10.8 Å². The number of sulfonamides is 1. The summed E-state index contributed by atoms with van der Waals surface area (Å²) in [4.78, 5) is 4.45. The third-order valence-corrected chi connectivity index (χ3v) is 4.36. The van der Waals surface area contributed by atoms with E-state index in [-0.39, 0.29) is 22.7 Å². The van der Waals surface area contributed by atoms with Crippen molar-refractivity contribution >= 4 is 38.2 Å². The van der Waals surface area contributed by atoms with Gasteiger partial charge in [0.25, 0.3) is 10.0 Å². The molecule has 0 saturated heterocycles. The number of fused-ring (bicyclic) bond motifs is 1. The van der Waals surface area contributed by atoms with Gasteiger partial charge in [-0.1, -0.05) is 5.10 Å². The minimum absolute atomic E-state index is 0.0874. The molecule has 0 fully saturated rings. The second-order valence-corrected chi connectivity index (χ2v) is 6.06. The normalized spacial score (nSPS) is 12.1. The van der Waals surface area contributed by atoms with Crippen LogP contribution in [0.25, 0.3) is 4.96 Å². The second-order valence-electron chi connectivity index (χ2n) is 3.59. The predicted molar refractivity (Wildman–Crippen MR) is 67.3 cm³/mol. The lowest BCUT2D eigenvalue weighted by molar-refractivity contribution is 0.534. The molecule has 3 heterocycles. The number of nitrogens with zero attached hydrogens (tertiary/aromatic N) is 4. The lowest BCUT2D eigenvalue weighted by atomic mass is 10.8. The van der Waals surface area contributed by atoms with E-state index in [1.54, 1.807) is 18.5 Å². The molecule has 3 aromatic heterocycles. The van der Waals surface area contributed by atoms with Crippen LogP contribution >= 0.6 is 11.3 Å². The molecule has 3 N–H and O–H groups in total. The summed E-state index contributed by atoms with van der Waals surface area (Å²) in [6, 6.07) is -0.220. The molecular formula is C8H8N6O3S2. The number of imidazole rings is 1. The highest BCUT2D eigenvalue weighted by molar-refractivity contribution is 7.92. The molecule has 0 spiro atoms. The molecule has 19 heavy (non-hydrogen) atoms. The first-order chi connectivity index (χ1) is 8.97. The maximum atomic E-state index is 12.2. The maximum Gasteiger partial charge on any atom is 0.329 e. The van der Waals surface area contributed by atoms with Gasteiger partial charge in [-0.05, 0) is 0 Å². The van der Waals surface area contributed by atoms with Gasteiger partial charge in [-0.2, -0.15) is 8.42 Å². The lowest BCUT2D eigenvalue weighted by Gasteiger charge is -2.03. The molecule has 0 radical (unpaired) electrons. The van der Waals surface area contributed by atoms with E-state index in [1.165, 1.54) is 15.7 Å². The van der Waals surface area contributed by atoms with Crippen molar-refractivity contribution in [3.63, 3.8) is 0 Å². The third-order valence-electron chi connectivity index (χ3n) is 2.25. The smallest absolute Gasteiger partial charge is 0.329 e. The number of anilines is 2. The highest BCUT2D eigenvalue weighted by atomic mass is 32.2. The van der Waals surface area contributed by atoms with Crippen LogP contribution in [-0.4, -0.2) is 28.0 Å². The Labute approximate surface area is 111 Å². The summed E-state index contributed by atoms with van der Waals surface area (Å²) in [6.07, 6.45) is 1.57. The number of rotatable bonds is 3. The number of hydrogen-bond donors (Lipinski definition) is 2. The summed E-state index contributed by atoms with van der Waals surface area (Å²) in [5, 5.41) is 8.65. The van der Waals surface area contributed by atoms with Gasteiger partial charge in [0, 0.05) is 18.5 Å². The molecule has 0 amide bonds. The van der Waals surface area contributed by atoms with Crippen molar-refractivity contribution in [1.82, 2.24) is 19.6 Å². The zero-order chi connectivity index (χ0) is 13.6. The number of aryl methyl sites for hydroxylation is 1. The van der Waals surface area contributed by atoms with Gasteiger partial charge < -0.3 is 10.2 Å². The lowest BCUT2D eigenvalue weighted by Crippen LogP contribution is -2.16. The van der Waals surface area contributed by atoms with Gasteiger partial charge >= 0.3 is 6.01 Å². The Morgan fingerprint density at radius 3 is 2.95 bits per heavy atom. The van der Waals surface area contributed by atoms with Crippen LogP contribution in [0.4, 0.5) is 11.8 Å². The van der Waals surface area contributed by atoms with E-state index in [2.05, 4.69) is 19.9 Å². The minimum Gasteiger partial charge on any atom is -0.408 e. The van der Waals surface area contributed by atoms with Crippen molar-refractivity contribution in [2.24, 2.45) is 0 Å². The quantitative estimate of drug-likeness (QED) is 0.719. The van der Waals surface area contributed by atoms with E-state index in [1.807, 2.05) is 0 Å². The van der Waals surface area contributed by atoms with Gasteiger partial charge in [0.2, 0.25) is 10.9 Å². The average Bonchev–Trinajstić information content (AvgIpc) is 2.93. The van der Waals surface area contributed by atoms with Crippen LogP contribution in [0.2, 0.25) is 0 Å². The van der Waals surface area contributed by atoms with E-state index >= 15 is 0 Å². The van der Waals surface area contributed by atoms with Crippen LogP contribution in [0, 0.1) is 6.92 Å². The Morgan fingerprint density at radius 2 is 2.26 bits per heavy atom. The number of hydrogen-bond acceptors (Lipinski definition) is 8. The van der Waals surface area contributed by atoms with E-state index in [0.29, 0.717) is 4.96 Å². The molecule has 0 aromatic carbocycles. The van der Waals surface area contributed by atoms with Gasteiger partial charge in [0.1, 0.15) is 0 Å². The van der Waals surface area contributed by atoms with Crippen LogP contribution in [0.5, 0.6) is 0 Å². The summed E-state index contributed by atoms with van der Waals surface area (Å²) in [6.45, 7) is 1.55. The molecular weight excluding hydrogens is 292 g/mol. The van der Waals surface area contributed by atoms with Gasteiger partial charge in [0.05, 0.1) is 0 Å². The fourth-order valence-electron chi connectivity index (χ4n) is 1.55. The Hall–Kier alpha value is -2.14.